The van der Waals surface area contributed by atoms with Gasteiger partial charge in [0.25, 0.3) is 0 Å². The van der Waals surface area contributed by atoms with Crippen molar-refractivity contribution in [2.75, 3.05) is 39.9 Å². The molecule has 0 spiro atoms. The van der Waals surface area contributed by atoms with Gasteiger partial charge in [0.05, 0.1) is 26.0 Å². The van der Waals surface area contributed by atoms with E-state index >= 15 is 0 Å². The van der Waals surface area contributed by atoms with E-state index in [9.17, 15) is 0 Å². The lowest BCUT2D eigenvalue weighted by Crippen LogP contribution is -2.60. The van der Waals surface area contributed by atoms with E-state index in [1.54, 1.807) is 13.3 Å². The molecule has 2 aromatic rings. The highest BCUT2D eigenvalue weighted by molar-refractivity contribution is 5.79. The third kappa shape index (κ3) is 4.79. The summed E-state index contributed by atoms with van der Waals surface area (Å²) in [5, 5.41) is 14.0. The maximum absolute atomic E-state index is 5.58. The number of guanidine groups is 1. The van der Waals surface area contributed by atoms with E-state index in [1.165, 1.54) is 32.1 Å². The molecule has 2 fully saturated rings. The van der Waals surface area contributed by atoms with Gasteiger partial charge >= 0.3 is 0 Å². The second-order valence-corrected chi connectivity index (χ2v) is 7.75. The SMILES string of the molecule is CN=C(NCc1nc(-c2ccco2)n[nH]1)NCC1(N2CCOCC2)CCCCC1. The van der Waals surface area contributed by atoms with Crippen LogP contribution in [0.5, 0.6) is 0 Å². The number of aromatic nitrogens is 3. The molecule has 9 heteroatoms. The first-order valence-corrected chi connectivity index (χ1v) is 10.5. The molecule has 0 aromatic carbocycles. The van der Waals surface area contributed by atoms with Gasteiger partial charge in [0, 0.05) is 32.2 Å². The van der Waals surface area contributed by atoms with E-state index < -0.39 is 0 Å². The molecule has 0 atom stereocenters. The first-order chi connectivity index (χ1) is 14.3. The molecule has 3 heterocycles. The molecule has 158 valence electrons. The van der Waals surface area contributed by atoms with Crippen LogP contribution in [-0.4, -0.2) is 71.5 Å². The Labute approximate surface area is 171 Å². The lowest BCUT2D eigenvalue weighted by atomic mass is 9.80. The zero-order valence-electron chi connectivity index (χ0n) is 17.1. The number of nitrogens with zero attached hydrogens (tertiary/aromatic N) is 4. The fourth-order valence-corrected chi connectivity index (χ4v) is 4.38. The third-order valence-corrected chi connectivity index (χ3v) is 5.97. The van der Waals surface area contributed by atoms with Crippen molar-refractivity contribution in [3.63, 3.8) is 0 Å². The second-order valence-electron chi connectivity index (χ2n) is 7.75. The summed E-state index contributed by atoms with van der Waals surface area (Å²) in [7, 11) is 1.80. The zero-order valence-corrected chi connectivity index (χ0v) is 17.1. The Kier molecular flexibility index (Phi) is 6.46. The fourth-order valence-electron chi connectivity index (χ4n) is 4.38. The molecule has 1 aliphatic carbocycles. The van der Waals surface area contributed by atoms with Crippen LogP contribution in [0, 0.1) is 0 Å². The third-order valence-electron chi connectivity index (χ3n) is 5.97. The number of hydrogen-bond donors (Lipinski definition) is 3. The highest BCUT2D eigenvalue weighted by Crippen LogP contribution is 2.33. The molecule has 0 unspecified atom stereocenters. The number of morpholine rings is 1. The molecule has 0 radical (unpaired) electrons. The van der Waals surface area contributed by atoms with E-state index in [4.69, 9.17) is 9.15 Å². The number of rotatable bonds is 6. The van der Waals surface area contributed by atoms with Gasteiger partial charge < -0.3 is 19.8 Å². The Hall–Kier alpha value is -2.39. The van der Waals surface area contributed by atoms with Crippen molar-refractivity contribution in [2.24, 2.45) is 4.99 Å². The summed E-state index contributed by atoms with van der Waals surface area (Å²) in [5.74, 6) is 2.72. The summed E-state index contributed by atoms with van der Waals surface area (Å²) in [6.45, 7) is 5.10. The summed E-state index contributed by atoms with van der Waals surface area (Å²) >= 11 is 0. The first kappa shape index (κ1) is 19.9. The van der Waals surface area contributed by atoms with Crippen LogP contribution >= 0.6 is 0 Å². The van der Waals surface area contributed by atoms with E-state index in [0.717, 1.165) is 44.6 Å². The van der Waals surface area contributed by atoms with Crippen molar-refractivity contribution in [1.29, 1.82) is 0 Å². The van der Waals surface area contributed by atoms with Gasteiger partial charge in [0.15, 0.2) is 11.7 Å². The predicted octanol–water partition coefficient (Wildman–Crippen LogP) is 1.76. The van der Waals surface area contributed by atoms with E-state index in [0.29, 0.717) is 18.1 Å². The molecule has 0 amide bonds. The van der Waals surface area contributed by atoms with Gasteiger partial charge in [-0.15, -0.1) is 5.10 Å². The summed E-state index contributed by atoms with van der Waals surface area (Å²) in [5.41, 5.74) is 0.193. The Bertz CT molecular complexity index is 775. The molecule has 1 saturated heterocycles. The van der Waals surface area contributed by atoms with Crippen molar-refractivity contribution in [3.05, 3.63) is 24.2 Å². The highest BCUT2D eigenvalue weighted by atomic mass is 16.5. The molecule has 1 saturated carbocycles. The van der Waals surface area contributed by atoms with Gasteiger partial charge in [-0.3, -0.25) is 15.0 Å². The van der Waals surface area contributed by atoms with Crippen LogP contribution in [0.4, 0.5) is 0 Å². The van der Waals surface area contributed by atoms with Crippen molar-refractivity contribution in [3.8, 4) is 11.6 Å². The van der Waals surface area contributed by atoms with E-state index in [-0.39, 0.29) is 5.54 Å². The summed E-state index contributed by atoms with van der Waals surface area (Å²) in [6, 6.07) is 3.67. The Morgan fingerprint density at radius 2 is 2.07 bits per heavy atom. The van der Waals surface area contributed by atoms with Crippen LogP contribution in [0.25, 0.3) is 11.6 Å². The number of H-pyrrole nitrogens is 1. The van der Waals surface area contributed by atoms with Crippen LogP contribution in [-0.2, 0) is 11.3 Å². The van der Waals surface area contributed by atoms with Crippen molar-refractivity contribution >= 4 is 5.96 Å². The normalized spacial score (nSPS) is 20.5. The molecule has 1 aliphatic heterocycles. The maximum Gasteiger partial charge on any atom is 0.216 e. The number of aromatic amines is 1. The second kappa shape index (κ2) is 9.41. The number of ether oxygens (including phenoxy) is 1. The Morgan fingerprint density at radius 1 is 1.24 bits per heavy atom. The summed E-state index contributed by atoms with van der Waals surface area (Å²) in [4.78, 5) is 11.5. The predicted molar refractivity (Wildman–Crippen MR) is 110 cm³/mol. The van der Waals surface area contributed by atoms with Crippen molar-refractivity contribution in [2.45, 2.75) is 44.2 Å². The molecular weight excluding hydrogens is 370 g/mol. The summed E-state index contributed by atoms with van der Waals surface area (Å²) < 4.78 is 10.9. The van der Waals surface area contributed by atoms with Crippen LogP contribution in [0.1, 0.15) is 37.9 Å². The smallest absolute Gasteiger partial charge is 0.216 e. The van der Waals surface area contributed by atoms with Gasteiger partial charge in [0.2, 0.25) is 5.82 Å². The fraction of sp³-hybridized carbons (Fsp3) is 0.650. The minimum atomic E-state index is 0.193. The lowest BCUT2D eigenvalue weighted by Gasteiger charge is -2.48. The van der Waals surface area contributed by atoms with Crippen LogP contribution < -0.4 is 10.6 Å². The topological polar surface area (TPSA) is 104 Å². The molecule has 0 bridgehead atoms. The molecule has 9 nitrogen and oxygen atoms in total. The van der Waals surface area contributed by atoms with Gasteiger partial charge in [-0.25, -0.2) is 4.98 Å². The van der Waals surface area contributed by atoms with Crippen LogP contribution in [0.2, 0.25) is 0 Å². The first-order valence-electron chi connectivity index (χ1n) is 10.5. The quantitative estimate of drug-likeness (QED) is 0.501. The number of furan rings is 1. The van der Waals surface area contributed by atoms with Gasteiger partial charge in [0.1, 0.15) is 5.82 Å². The Morgan fingerprint density at radius 3 is 2.79 bits per heavy atom. The van der Waals surface area contributed by atoms with Gasteiger partial charge in [-0.2, -0.15) is 0 Å². The van der Waals surface area contributed by atoms with Crippen molar-refractivity contribution < 1.29 is 9.15 Å². The Balaban J connectivity index is 1.33. The average molecular weight is 402 g/mol. The standard InChI is InChI=1S/C20H31N7O2/c1-21-19(22-14-17-24-18(26-25-17)16-6-5-11-29-16)23-15-20(7-3-2-4-8-20)27-9-12-28-13-10-27/h5-6,11H,2-4,7-10,12-15H2,1H3,(H2,21,22,23)(H,24,25,26). The molecule has 29 heavy (non-hydrogen) atoms. The molecule has 2 aliphatic rings. The monoisotopic (exact) mass is 401 g/mol. The molecule has 3 N–H and O–H groups in total. The van der Waals surface area contributed by atoms with Crippen LogP contribution in [0.15, 0.2) is 27.8 Å². The molecule has 2 aromatic heterocycles. The number of hydrogen-bond acceptors (Lipinski definition) is 6. The highest BCUT2D eigenvalue weighted by Gasteiger charge is 2.38. The van der Waals surface area contributed by atoms with E-state index in [2.05, 4.69) is 35.7 Å². The molecular formula is C20H31N7O2. The minimum Gasteiger partial charge on any atom is -0.461 e. The minimum absolute atomic E-state index is 0.193. The van der Waals surface area contributed by atoms with Gasteiger partial charge in [-0.1, -0.05) is 19.3 Å². The summed E-state index contributed by atoms with van der Waals surface area (Å²) in [6.07, 6.45) is 7.99. The average Bonchev–Trinajstić information content (AvgIpc) is 3.47. The van der Waals surface area contributed by atoms with Crippen LogP contribution in [0.3, 0.4) is 0 Å². The zero-order chi connectivity index (χ0) is 19.9. The number of aliphatic imine (C=N–C) groups is 1. The van der Waals surface area contributed by atoms with Crippen molar-refractivity contribution in [1.82, 2.24) is 30.7 Å². The number of nitrogens with one attached hydrogen (secondary N) is 3. The van der Waals surface area contributed by atoms with Gasteiger partial charge in [-0.05, 0) is 25.0 Å². The lowest BCUT2D eigenvalue weighted by molar-refractivity contribution is -0.0352. The van der Waals surface area contributed by atoms with E-state index in [1.807, 2.05) is 12.1 Å². The maximum atomic E-state index is 5.58. The molecule has 4 rings (SSSR count). The largest absolute Gasteiger partial charge is 0.461 e.